The van der Waals surface area contributed by atoms with Crippen LogP contribution in [0.4, 0.5) is 0 Å². The molecule has 1 aliphatic heterocycles. The third-order valence-electron chi connectivity index (χ3n) is 4.88. The lowest BCUT2D eigenvalue weighted by Gasteiger charge is -2.30. The Kier molecular flexibility index (Phi) is 6.27. The first kappa shape index (κ1) is 18.2. The minimum absolute atomic E-state index is 0.0565. The molecule has 1 N–H and O–H groups in total. The van der Waals surface area contributed by atoms with Gasteiger partial charge in [-0.1, -0.05) is 43.3 Å². The van der Waals surface area contributed by atoms with E-state index in [4.69, 9.17) is 0 Å². The fourth-order valence-electron chi connectivity index (χ4n) is 3.16. The van der Waals surface area contributed by atoms with Crippen molar-refractivity contribution in [3.8, 4) is 0 Å². The number of hydrogen-bond donors (Lipinski definition) is 1. The average molecular weight is 401 g/mol. The summed E-state index contributed by atoms with van der Waals surface area (Å²) in [5.74, 6) is 0.811. The summed E-state index contributed by atoms with van der Waals surface area (Å²) in [6.45, 7) is 6.31. The smallest absolute Gasteiger partial charge is 0.252 e. The molecule has 3 nitrogen and oxygen atoms in total. The van der Waals surface area contributed by atoms with Gasteiger partial charge in [0.1, 0.15) is 0 Å². The molecular formula is C21H25BrN2O. The number of hydrogen-bond acceptors (Lipinski definition) is 2. The third kappa shape index (κ3) is 5.16. The molecule has 1 heterocycles. The monoisotopic (exact) mass is 400 g/mol. The van der Waals surface area contributed by atoms with Gasteiger partial charge in [0.25, 0.3) is 5.91 Å². The zero-order valence-corrected chi connectivity index (χ0v) is 16.3. The Bertz CT molecular complexity index is 706. The highest BCUT2D eigenvalue weighted by atomic mass is 79.9. The summed E-state index contributed by atoms with van der Waals surface area (Å²) in [7, 11) is 0. The van der Waals surface area contributed by atoms with Gasteiger partial charge in [-0.05, 0) is 71.0 Å². The van der Waals surface area contributed by atoms with E-state index in [-0.39, 0.29) is 5.91 Å². The van der Waals surface area contributed by atoms with Gasteiger partial charge >= 0.3 is 0 Å². The van der Waals surface area contributed by atoms with Crippen molar-refractivity contribution in [2.75, 3.05) is 13.1 Å². The number of rotatable bonds is 5. The predicted octanol–water partition coefficient (Wildman–Crippen LogP) is 4.61. The van der Waals surface area contributed by atoms with Gasteiger partial charge in [-0.15, -0.1) is 0 Å². The maximum absolute atomic E-state index is 12.2. The second-order valence-electron chi connectivity index (χ2n) is 6.94. The van der Waals surface area contributed by atoms with Gasteiger partial charge < -0.3 is 5.32 Å². The zero-order valence-electron chi connectivity index (χ0n) is 14.7. The summed E-state index contributed by atoms with van der Waals surface area (Å²) in [5, 5.41) is 2.98. The fourth-order valence-corrected chi connectivity index (χ4v) is 3.63. The normalized spacial score (nSPS) is 15.9. The number of likely N-dealkylation sites (tertiary alicyclic amines) is 1. The molecular weight excluding hydrogens is 376 g/mol. The summed E-state index contributed by atoms with van der Waals surface area (Å²) >= 11 is 3.42. The van der Waals surface area contributed by atoms with Gasteiger partial charge in [0.15, 0.2) is 0 Å². The first-order chi connectivity index (χ1) is 12.1. The Balaban J connectivity index is 1.51. The number of amides is 1. The molecule has 0 spiro atoms. The van der Waals surface area contributed by atoms with Crippen molar-refractivity contribution in [1.82, 2.24) is 10.2 Å². The summed E-state index contributed by atoms with van der Waals surface area (Å²) in [4.78, 5) is 14.8. The highest BCUT2D eigenvalue weighted by Gasteiger charge is 2.15. The van der Waals surface area contributed by atoms with Crippen LogP contribution in [0.2, 0.25) is 0 Å². The first-order valence-electron chi connectivity index (χ1n) is 8.95. The fraction of sp³-hybridized carbons (Fsp3) is 0.381. The molecule has 1 fully saturated rings. The van der Waals surface area contributed by atoms with Crippen molar-refractivity contribution in [2.45, 2.75) is 32.9 Å². The van der Waals surface area contributed by atoms with E-state index in [1.807, 2.05) is 24.3 Å². The molecule has 0 aliphatic carbocycles. The molecule has 1 aliphatic rings. The lowest BCUT2D eigenvalue weighted by molar-refractivity contribution is 0.0950. The van der Waals surface area contributed by atoms with E-state index in [2.05, 4.69) is 57.3 Å². The number of halogens is 1. The van der Waals surface area contributed by atoms with E-state index >= 15 is 0 Å². The quantitative estimate of drug-likeness (QED) is 0.794. The number of piperidine rings is 1. The summed E-state index contributed by atoms with van der Waals surface area (Å²) in [6.07, 6.45) is 2.61. The molecule has 0 bridgehead atoms. The summed E-state index contributed by atoms with van der Waals surface area (Å²) < 4.78 is 0.818. The van der Waals surface area contributed by atoms with Crippen molar-refractivity contribution in [1.29, 1.82) is 0 Å². The van der Waals surface area contributed by atoms with Gasteiger partial charge in [0, 0.05) is 17.6 Å². The second-order valence-corrected chi connectivity index (χ2v) is 7.79. The molecule has 0 unspecified atom stereocenters. The van der Waals surface area contributed by atoms with Gasteiger partial charge in [-0.3, -0.25) is 9.69 Å². The Morgan fingerprint density at radius 1 is 1.08 bits per heavy atom. The number of benzene rings is 2. The Morgan fingerprint density at radius 2 is 1.72 bits per heavy atom. The van der Waals surface area contributed by atoms with Gasteiger partial charge in [0.05, 0.1) is 5.56 Å². The van der Waals surface area contributed by atoms with Crippen molar-refractivity contribution >= 4 is 21.8 Å². The molecule has 0 radical (unpaired) electrons. The van der Waals surface area contributed by atoms with Crippen LogP contribution in [0, 0.1) is 5.92 Å². The molecule has 1 amide bonds. The molecule has 132 valence electrons. The number of carbonyl (C=O) groups excluding carboxylic acids is 1. The molecule has 0 saturated carbocycles. The standard InChI is InChI=1S/C21H25BrN2O/c1-16-10-12-24(13-11-16)15-18-8-6-17(7-9-18)14-23-21(25)19-4-2-3-5-20(19)22/h2-9,16H,10-15H2,1H3,(H,23,25). The first-order valence-corrected chi connectivity index (χ1v) is 9.74. The number of nitrogens with one attached hydrogen (secondary N) is 1. The van der Waals surface area contributed by atoms with Crippen molar-refractivity contribution in [2.24, 2.45) is 5.92 Å². The van der Waals surface area contributed by atoms with E-state index in [0.717, 1.165) is 22.5 Å². The van der Waals surface area contributed by atoms with Crippen LogP contribution in [0.5, 0.6) is 0 Å². The third-order valence-corrected chi connectivity index (χ3v) is 5.57. The van der Waals surface area contributed by atoms with E-state index in [1.54, 1.807) is 0 Å². The summed E-state index contributed by atoms with van der Waals surface area (Å²) in [5.41, 5.74) is 3.13. The minimum Gasteiger partial charge on any atom is -0.348 e. The van der Waals surface area contributed by atoms with Crippen molar-refractivity contribution < 1.29 is 4.79 Å². The van der Waals surface area contributed by atoms with Crippen molar-refractivity contribution in [3.05, 3.63) is 69.7 Å². The molecule has 1 saturated heterocycles. The van der Waals surface area contributed by atoms with E-state index < -0.39 is 0 Å². The molecule has 4 heteroatoms. The molecule has 2 aromatic rings. The largest absolute Gasteiger partial charge is 0.348 e. The Morgan fingerprint density at radius 3 is 2.40 bits per heavy atom. The highest BCUT2D eigenvalue weighted by Crippen LogP contribution is 2.18. The van der Waals surface area contributed by atoms with Crippen LogP contribution in [-0.4, -0.2) is 23.9 Å². The van der Waals surface area contributed by atoms with Gasteiger partial charge in [0.2, 0.25) is 0 Å². The van der Waals surface area contributed by atoms with E-state index in [9.17, 15) is 4.79 Å². The van der Waals surface area contributed by atoms with Crippen LogP contribution in [0.25, 0.3) is 0 Å². The molecule has 2 aromatic carbocycles. The molecule has 0 aromatic heterocycles. The zero-order chi connectivity index (χ0) is 17.6. The molecule has 3 rings (SSSR count). The summed E-state index contributed by atoms with van der Waals surface area (Å²) in [6, 6.07) is 16.1. The van der Waals surface area contributed by atoms with Crippen LogP contribution in [0.15, 0.2) is 53.0 Å². The number of nitrogens with zero attached hydrogens (tertiary/aromatic N) is 1. The lowest BCUT2D eigenvalue weighted by atomic mass is 9.99. The van der Waals surface area contributed by atoms with Crippen LogP contribution >= 0.6 is 15.9 Å². The SMILES string of the molecule is CC1CCN(Cc2ccc(CNC(=O)c3ccccc3Br)cc2)CC1. The topological polar surface area (TPSA) is 32.3 Å². The highest BCUT2D eigenvalue weighted by molar-refractivity contribution is 9.10. The van der Waals surface area contributed by atoms with E-state index in [0.29, 0.717) is 12.1 Å². The van der Waals surface area contributed by atoms with Crippen LogP contribution < -0.4 is 5.32 Å². The Labute approximate surface area is 158 Å². The molecule has 0 atom stereocenters. The van der Waals surface area contributed by atoms with E-state index in [1.165, 1.54) is 31.5 Å². The lowest BCUT2D eigenvalue weighted by Crippen LogP contribution is -2.32. The maximum Gasteiger partial charge on any atom is 0.252 e. The number of carbonyl (C=O) groups is 1. The Hall–Kier alpha value is -1.65. The minimum atomic E-state index is -0.0565. The second kappa shape index (κ2) is 8.63. The van der Waals surface area contributed by atoms with Crippen molar-refractivity contribution in [3.63, 3.8) is 0 Å². The van der Waals surface area contributed by atoms with Crippen LogP contribution in [0.1, 0.15) is 41.3 Å². The molecule has 25 heavy (non-hydrogen) atoms. The van der Waals surface area contributed by atoms with Crippen LogP contribution in [0.3, 0.4) is 0 Å². The van der Waals surface area contributed by atoms with Crippen LogP contribution in [-0.2, 0) is 13.1 Å². The van der Waals surface area contributed by atoms with Gasteiger partial charge in [-0.25, -0.2) is 0 Å². The average Bonchev–Trinajstić information content (AvgIpc) is 2.63. The maximum atomic E-state index is 12.2. The predicted molar refractivity (Wildman–Crippen MR) is 105 cm³/mol. The van der Waals surface area contributed by atoms with Gasteiger partial charge in [-0.2, -0.15) is 0 Å².